The predicted octanol–water partition coefficient (Wildman–Crippen LogP) is 6.31. The van der Waals surface area contributed by atoms with Crippen molar-refractivity contribution in [3.63, 3.8) is 0 Å². The monoisotopic (exact) mass is 347 g/mol. The molecule has 0 amide bonds. The molecule has 1 nitrogen and oxygen atoms in total. The fourth-order valence-corrected chi connectivity index (χ4v) is 3.80. The van der Waals surface area contributed by atoms with E-state index in [1.165, 1.54) is 44.1 Å². The lowest BCUT2D eigenvalue weighted by molar-refractivity contribution is 0.259. The van der Waals surface area contributed by atoms with Gasteiger partial charge in [-0.15, -0.1) is 0 Å². The first-order chi connectivity index (χ1) is 12.1. The summed E-state index contributed by atoms with van der Waals surface area (Å²) in [7, 11) is 0. The van der Waals surface area contributed by atoms with Crippen molar-refractivity contribution in [2.75, 3.05) is 0 Å². The van der Waals surface area contributed by atoms with Gasteiger partial charge in [-0.25, -0.2) is 4.39 Å². The van der Waals surface area contributed by atoms with Crippen molar-refractivity contribution in [2.45, 2.75) is 51.9 Å². The normalized spacial score (nSPS) is 20.6. The first kappa shape index (κ1) is 18.0. The third-order valence-corrected chi connectivity index (χ3v) is 5.54. The van der Waals surface area contributed by atoms with Crippen molar-refractivity contribution < 1.29 is 13.2 Å². The van der Waals surface area contributed by atoms with Crippen LogP contribution in [-0.2, 0) is 6.42 Å². The van der Waals surface area contributed by atoms with E-state index in [1.807, 2.05) is 12.1 Å². The zero-order chi connectivity index (χ0) is 17.8. The molecule has 1 aliphatic rings. The number of aryl methyl sites for hydroxylation is 1. The summed E-state index contributed by atoms with van der Waals surface area (Å²) in [6.45, 7) is 2.28. The number of hydrogen-bond acceptors (Lipinski definition) is 1. The zero-order valence-electron chi connectivity index (χ0n) is 14.6. The Hall–Kier alpha value is -1.84. The molecule has 0 radical (unpaired) electrons. The number of rotatable bonds is 5. The molecule has 0 N–H and O–H groups in total. The Bertz CT molecular complexity index is 704. The minimum atomic E-state index is -1.41. The van der Waals surface area contributed by atoms with Crippen LogP contribution in [0.2, 0.25) is 0 Å². The summed E-state index contributed by atoms with van der Waals surface area (Å²) < 4.78 is 40.0. The first-order valence-electron chi connectivity index (χ1n) is 9.17. The standard InChI is InChI=1S/C21H24F3N/c1-2-14-3-5-15(6-4-14)7-8-16-9-11-17(12-10-16)18-13-19(22)21(24)25-20(18)23/h9-15H,2-8H2,1H3/t14-,15-. The van der Waals surface area contributed by atoms with Gasteiger partial charge in [0, 0.05) is 5.56 Å². The van der Waals surface area contributed by atoms with Crippen LogP contribution in [0.5, 0.6) is 0 Å². The molecule has 1 saturated carbocycles. The molecule has 2 aromatic rings. The van der Waals surface area contributed by atoms with E-state index >= 15 is 0 Å². The van der Waals surface area contributed by atoms with Crippen LogP contribution in [0, 0.1) is 29.5 Å². The first-order valence-corrected chi connectivity index (χ1v) is 9.17. The molecule has 1 heterocycles. The highest BCUT2D eigenvalue weighted by atomic mass is 19.2. The summed E-state index contributed by atoms with van der Waals surface area (Å²) in [5.74, 6) is -1.82. The lowest BCUT2D eigenvalue weighted by atomic mass is 9.78. The molecular weight excluding hydrogens is 323 g/mol. The molecule has 25 heavy (non-hydrogen) atoms. The van der Waals surface area contributed by atoms with E-state index in [9.17, 15) is 13.2 Å². The fourth-order valence-electron chi connectivity index (χ4n) is 3.80. The minimum absolute atomic E-state index is 0.0108. The number of benzene rings is 1. The second-order valence-electron chi connectivity index (χ2n) is 7.13. The van der Waals surface area contributed by atoms with Crippen molar-refractivity contribution in [1.82, 2.24) is 4.98 Å². The minimum Gasteiger partial charge on any atom is -0.202 e. The number of hydrogen-bond donors (Lipinski definition) is 0. The SMILES string of the molecule is CC[C@H]1CC[C@H](CCc2ccc(-c3cc(F)c(F)nc3F)cc2)CC1. The van der Waals surface area contributed by atoms with Gasteiger partial charge < -0.3 is 0 Å². The number of pyridine rings is 1. The average molecular weight is 347 g/mol. The highest BCUT2D eigenvalue weighted by molar-refractivity contribution is 5.63. The molecule has 0 bridgehead atoms. The fraction of sp³-hybridized carbons (Fsp3) is 0.476. The Morgan fingerprint density at radius 3 is 2.20 bits per heavy atom. The van der Waals surface area contributed by atoms with Gasteiger partial charge in [0.05, 0.1) is 0 Å². The van der Waals surface area contributed by atoms with Crippen LogP contribution in [0.3, 0.4) is 0 Å². The van der Waals surface area contributed by atoms with E-state index in [1.54, 1.807) is 12.1 Å². The second kappa shape index (κ2) is 8.03. The molecule has 0 atom stereocenters. The van der Waals surface area contributed by atoms with Gasteiger partial charge in [0.2, 0.25) is 5.95 Å². The molecule has 3 rings (SSSR count). The summed E-state index contributed by atoms with van der Waals surface area (Å²) in [4.78, 5) is 2.97. The third kappa shape index (κ3) is 4.42. The molecule has 1 fully saturated rings. The largest absolute Gasteiger partial charge is 0.251 e. The van der Waals surface area contributed by atoms with Crippen LogP contribution >= 0.6 is 0 Å². The number of aromatic nitrogens is 1. The van der Waals surface area contributed by atoms with Gasteiger partial charge in [-0.3, -0.25) is 0 Å². The van der Waals surface area contributed by atoms with Gasteiger partial charge in [-0.05, 0) is 41.9 Å². The summed E-state index contributed by atoms with van der Waals surface area (Å²) in [5, 5.41) is 0. The Morgan fingerprint density at radius 2 is 1.56 bits per heavy atom. The molecular formula is C21H24F3N. The van der Waals surface area contributed by atoms with Crippen LogP contribution in [0.4, 0.5) is 13.2 Å². The van der Waals surface area contributed by atoms with Crippen molar-refractivity contribution in [2.24, 2.45) is 11.8 Å². The van der Waals surface area contributed by atoms with E-state index in [0.29, 0.717) is 5.56 Å². The summed E-state index contributed by atoms with van der Waals surface area (Å²) >= 11 is 0. The van der Waals surface area contributed by atoms with Crippen LogP contribution in [0.15, 0.2) is 30.3 Å². The highest BCUT2D eigenvalue weighted by Gasteiger charge is 2.19. The van der Waals surface area contributed by atoms with Crippen molar-refractivity contribution >= 4 is 0 Å². The highest BCUT2D eigenvalue weighted by Crippen LogP contribution is 2.33. The van der Waals surface area contributed by atoms with Crippen LogP contribution in [-0.4, -0.2) is 4.98 Å². The molecule has 0 saturated heterocycles. The molecule has 0 spiro atoms. The van der Waals surface area contributed by atoms with Crippen molar-refractivity contribution in [3.8, 4) is 11.1 Å². The Morgan fingerprint density at radius 1 is 0.920 bits per heavy atom. The van der Waals surface area contributed by atoms with Crippen LogP contribution in [0.25, 0.3) is 11.1 Å². The molecule has 0 unspecified atom stereocenters. The molecule has 1 aromatic heterocycles. The summed E-state index contributed by atoms with van der Waals surface area (Å²) in [6.07, 6.45) is 8.82. The van der Waals surface area contributed by atoms with Gasteiger partial charge in [0.1, 0.15) is 0 Å². The zero-order valence-corrected chi connectivity index (χ0v) is 14.6. The van der Waals surface area contributed by atoms with Crippen LogP contribution < -0.4 is 0 Å². The van der Waals surface area contributed by atoms with E-state index in [4.69, 9.17) is 0 Å². The predicted molar refractivity (Wildman–Crippen MR) is 93.6 cm³/mol. The Labute approximate surface area is 147 Å². The van der Waals surface area contributed by atoms with Crippen molar-refractivity contribution in [1.29, 1.82) is 0 Å². The maximum absolute atomic E-state index is 13.8. The van der Waals surface area contributed by atoms with E-state index < -0.39 is 17.7 Å². The van der Waals surface area contributed by atoms with Gasteiger partial charge in [-0.1, -0.05) is 63.3 Å². The molecule has 134 valence electrons. The molecule has 4 heteroatoms. The summed E-state index contributed by atoms with van der Waals surface area (Å²) in [6, 6.07) is 8.24. The Kier molecular flexibility index (Phi) is 5.77. The van der Waals surface area contributed by atoms with Crippen molar-refractivity contribution in [3.05, 3.63) is 53.6 Å². The molecule has 0 aliphatic heterocycles. The Balaban J connectivity index is 1.60. The smallest absolute Gasteiger partial charge is 0.202 e. The maximum atomic E-state index is 13.8. The number of halogens is 3. The van der Waals surface area contributed by atoms with E-state index in [2.05, 4.69) is 11.9 Å². The topological polar surface area (TPSA) is 12.9 Å². The lowest BCUT2D eigenvalue weighted by Crippen LogP contribution is -2.14. The van der Waals surface area contributed by atoms with E-state index in [-0.39, 0.29) is 5.56 Å². The maximum Gasteiger partial charge on any atom is 0.251 e. The molecule has 1 aliphatic carbocycles. The quantitative estimate of drug-likeness (QED) is 0.577. The van der Waals surface area contributed by atoms with Gasteiger partial charge in [0.15, 0.2) is 5.82 Å². The number of nitrogens with zero attached hydrogens (tertiary/aromatic N) is 1. The second-order valence-corrected chi connectivity index (χ2v) is 7.13. The lowest BCUT2D eigenvalue weighted by Gasteiger charge is -2.27. The van der Waals surface area contributed by atoms with Gasteiger partial charge >= 0.3 is 0 Å². The van der Waals surface area contributed by atoms with Crippen LogP contribution in [0.1, 0.15) is 51.0 Å². The third-order valence-electron chi connectivity index (χ3n) is 5.54. The molecule has 1 aromatic carbocycles. The van der Waals surface area contributed by atoms with Gasteiger partial charge in [0.25, 0.3) is 5.95 Å². The van der Waals surface area contributed by atoms with Gasteiger partial charge in [-0.2, -0.15) is 13.8 Å². The summed E-state index contributed by atoms with van der Waals surface area (Å²) in [5.41, 5.74) is 1.69. The average Bonchev–Trinajstić information content (AvgIpc) is 2.64. The van der Waals surface area contributed by atoms with E-state index in [0.717, 1.165) is 24.3 Å².